The van der Waals surface area contributed by atoms with Gasteiger partial charge in [-0.15, -0.1) is 11.3 Å². The number of ether oxygens (including phenoxy) is 1. The molecule has 2 aliphatic rings. The van der Waals surface area contributed by atoms with Gasteiger partial charge in [0.25, 0.3) is 0 Å². The largest absolute Gasteiger partial charge is 0.381 e. The van der Waals surface area contributed by atoms with E-state index in [1.54, 1.807) is 17.4 Å². The van der Waals surface area contributed by atoms with Crippen LogP contribution in [0.15, 0.2) is 30.3 Å². The van der Waals surface area contributed by atoms with Crippen molar-refractivity contribution >= 4 is 45.0 Å². The van der Waals surface area contributed by atoms with Gasteiger partial charge in [-0.1, -0.05) is 29.8 Å². The zero-order valence-electron chi connectivity index (χ0n) is 12.7. The van der Waals surface area contributed by atoms with E-state index in [1.165, 1.54) is 0 Å². The van der Waals surface area contributed by atoms with Gasteiger partial charge in [-0.05, 0) is 30.4 Å². The summed E-state index contributed by atoms with van der Waals surface area (Å²) in [5.41, 5.74) is 0. The van der Waals surface area contributed by atoms with Crippen molar-refractivity contribution in [3.63, 3.8) is 0 Å². The van der Waals surface area contributed by atoms with Gasteiger partial charge in [-0.2, -0.15) is 0 Å². The zero-order valence-corrected chi connectivity index (χ0v) is 14.3. The number of thiophene rings is 1. The lowest BCUT2D eigenvalue weighted by Gasteiger charge is -2.41. The van der Waals surface area contributed by atoms with Crippen LogP contribution < -0.4 is 0 Å². The Bertz CT molecular complexity index is 757. The number of halogens is 1. The SMILES string of the molecule is O=C(/C=C/c1sc2ccccc2c1Cl)N1CC(C2CCOC2)C1. The summed E-state index contributed by atoms with van der Waals surface area (Å²) in [6.07, 6.45) is 4.64. The summed E-state index contributed by atoms with van der Waals surface area (Å²) in [6.45, 7) is 3.45. The van der Waals surface area contributed by atoms with Crippen molar-refractivity contribution in [3.05, 3.63) is 40.2 Å². The third-order valence-electron chi connectivity index (χ3n) is 4.79. The minimum atomic E-state index is 0.0775. The van der Waals surface area contributed by atoms with Crippen LogP contribution in [0.25, 0.3) is 16.2 Å². The van der Waals surface area contributed by atoms with Crippen LogP contribution in [-0.2, 0) is 9.53 Å². The van der Waals surface area contributed by atoms with Gasteiger partial charge in [0.1, 0.15) is 0 Å². The number of hydrogen-bond acceptors (Lipinski definition) is 3. The van der Waals surface area contributed by atoms with E-state index >= 15 is 0 Å². The third kappa shape index (κ3) is 2.91. The molecule has 2 aliphatic heterocycles. The normalized spacial score (nSPS) is 22.1. The van der Waals surface area contributed by atoms with Crippen LogP contribution in [0.1, 0.15) is 11.3 Å². The summed E-state index contributed by atoms with van der Waals surface area (Å²) < 4.78 is 6.57. The zero-order chi connectivity index (χ0) is 15.8. The summed E-state index contributed by atoms with van der Waals surface area (Å²) in [5, 5.41) is 1.79. The fourth-order valence-electron chi connectivity index (χ4n) is 3.31. The molecular weight excluding hydrogens is 330 g/mol. The number of likely N-dealkylation sites (tertiary alicyclic amines) is 1. The first-order chi connectivity index (χ1) is 11.2. The van der Waals surface area contributed by atoms with Crippen LogP contribution in [0.2, 0.25) is 5.02 Å². The molecule has 23 heavy (non-hydrogen) atoms. The number of nitrogens with zero attached hydrogens (tertiary/aromatic N) is 1. The molecule has 0 saturated carbocycles. The van der Waals surface area contributed by atoms with Crippen molar-refractivity contribution in [1.82, 2.24) is 4.90 Å². The third-order valence-corrected chi connectivity index (χ3v) is 6.45. The highest BCUT2D eigenvalue weighted by Gasteiger charge is 2.36. The molecular formula is C18H18ClNO2S. The number of hydrogen-bond donors (Lipinski definition) is 0. The maximum Gasteiger partial charge on any atom is 0.246 e. The Hall–Kier alpha value is -1.36. The lowest BCUT2D eigenvalue weighted by Crippen LogP contribution is -2.52. The van der Waals surface area contributed by atoms with E-state index in [9.17, 15) is 4.79 Å². The average Bonchev–Trinajstić information content (AvgIpc) is 3.13. The first-order valence-corrected chi connectivity index (χ1v) is 9.13. The van der Waals surface area contributed by atoms with E-state index in [0.717, 1.165) is 52.7 Å². The van der Waals surface area contributed by atoms with Crippen LogP contribution in [0.3, 0.4) is 0 Å². The van der Waals surface area contributed by atoms with Gasteiger partial charge < -0.3 is 9.64 Å². The van der Waals surface area contributed by atoms with Gasteiger partial charge in [0.2, 0.25) is 5.91 Å². The molecule has 5 heteroatoms. The second-order valence-electron chi connectivity index (χ2n) is 6.24. The Morgan fingerprint density at radius 2 is 2.13 bits per heavy atom. The Morgan fingerprint density at radius 1 is 1.30 bits per heavy atom. The molecule has 3 nitrogen and oxygen atoms in total. The van der Waals surface area contributed by atoms with Crippen LogP contribution in [-0.4, -0.2) is 37.1 Å². The standard InChI is InChI=1S/C18H18ClNO2S/c19-18-14-3-1-2-4-15(14)23-16(18)5-6-17(21)20-9-13(10-20)12-7-8-22-11-12/h1-6,12-13H,7-11H2/b6-5+. The van der Waals surface area contributed by atoms with Crippen molar-refractivity contribution in [2.75, 3.05) is 26.3 Å². The molecule has 0 radical (unpaired) electrons. The number of carbonyl (C=O) groups excluding carboxylic acids is 1. The van der Waals surface area contributed by atoms with Gasteiger partial charge in [0, 0.05) is 47.3 Å². The van der Waals surface area contributed by atoms with Crippen molar-refractivity contribution in [2.24, 2.45) is 11.8 Å². The van der Waals surface area contributed by atoms with Crippen LogP contribution in [0.5, 0.6) is 0 Å². The second kappa shape index (κ2) is 6.27. The summed E-state index contributed by atoms with van der Waals surface area (Å²) in [4.78, 5) is 15.1. The second-order valence-corrected chi connectivity index (χ2v) is 7.70. The molecule has 0 N–H and O–H groups in total. The highest BCUT2D eigenvalue weighted by Crippen LogP contribution is 2.36. The summed E-state index contributed by atoms with van der Waals surface area (Å²) in [5.74, 6) is 1.33. The van der Waals surface area contributed by atoms with Gasteiger partial charge in [-0.3, -0.25) is 4.79 Å². The number of amides is 1. The topological polar surface area (TPSA) is 29.5 Å². The number of carbonyl (C=O) groups is 1. The molecule has 1 atom stereocenters. The molecule has 1 amide bonds. The number of rotatable bonds is 3. The predicted octanol–water partition coefficient (Wildman–Crippen LogP) is 4.06. The molecule has 3 heterocycles. The van der Waals surface area contributed by atoms with Gasteiger partial charge in [0.15, 0.2) is 0 Å². The molecule has 120 valence electrons. The van der Waals surface area contributed by atoms with E-state index in [-0.39, 0.29) is 5.91 Å². The van der Waals surface area contributed by atoms with Gasteiger partial charge in [0.05, 0.1) is 5.02 Å². The molecule has 4 rings (SSSR count). The van der Waals surface area contributed by atoms with Crippen molar-refractivity contribution in [3.8, 4) is 0 Å². The lowest BCUT2D eigenvalue weighted by molar-refractivity contribution is -0.133. The summed E-state index contributed by atoms with van der Waals surface area (Å²) >= 11 is 8.02. The smallest absolute Gasteiger partial charge is 0.246 e. The summed E-state index contributed by atoms with van der Waals surface area (Å²) in [6, 6.07) is 8.04. The Labute approximate surface area is 144 Å². The van der Waals surface area contributed by atoms with Crippen molar-refractivity contribution in [2.45, 2.75) is 6.42 Å². The molecule has 1 aromatic heterocycles. The Morgan fingerprint density at radius 3 is 2.87 bits per heavy atom. The quantitative estimate of drug-likeness (QED) is 0.783. The van der Waals surface area contributed by atoms with Crippen LogP contribution >= 0.6 is 22.9 Å². The van der Waals surface area contributed by atoms with E-state index in [4.69, 9.17) is 16.3 Å². The molecule has 2 fully saturated rings. The lowest BCUT2D eigenvalue weighted by atomic mass is 9.85. The van der Waals surface area contributed by atoms with Crippen LogP contribution in [0.4, 0.5) is 0 Å². The molecule has 2 aromatic rings. The first-order valence-electron chi connectivity index (χ1n) is 7.94. The summed E-state index contributed by atoms with van der Waals surface area (Å²) in [7, 11) is 0. The van der Waals surface area contributed by atoms with Gasteiger partial charge in [-0.25, -0.2) is 0 Å². The first kappa shape index (κ1) is 15.2. The van der Waals surface area contributed by atoms with E-state index < -0.39 is 0 Å². The number of fused-ring (bicyclic) bond motifs is 1. The Balaban J connectivity index is 1.40. The molecule has 0 bridgehead atoms. The average molecular weight is 348 g/mol. The minimum absolute atomic E-state index is 0.0775. The highest BCUT2D eigenvalue weighted by molar-refractivity contribution is 7.20. The number of benzene rings is 1. The molecule has 1 aromatic carbocycles. The van der Waals surface area contributed by atoms with E-state index in [1.807, 2.05) is 29.2 Å². The predicted molar refractivity (Wildman–Crippen MR) is 94.9 cm³/mol. The molecule has 0 spiro atoms. The maximum atomic E-state index is 12.3. The monoisotopic (exact) mass is 347 g/mol. The fraction of sp³-hybridized carbons (Fsp3) is 0.389. The molecule has 0 aliphatic carbocycles. The van der Waals surface area contributed by atoms with Crippen LogP contribution in [0, 0.1) is 11.8 Å². The highest BCUT2D eigenvalue weighted by atomic mass is 35.5. The van der Waals surface area contributed by atoms with E-state index in [0.29, 0.717) is 11.8 Å². The molecule has 1 unspecified atom stereocenters. The van der Waals surface area contributed by atoms with Crippen molar-refractivity contribution < 1.29 is 9.53 Å². The maximum absolute atomic E-state index is 12.3. The minimum Gasteiger partial charge on any atom is -0.381 e. The fourth-order valence-corrected chi connectivity index (χ4v) is 4.71. The van der Waals surface area contributed by atoms with E-state index in [2.05, 4.69) is 6.07 Å². The molecule has 2 saturated heterocycles. The van der Waals surface area contributed by atoms with Crippen molar-refractivity contribution in [1.29, 1.82) is 0 Å². The van der Waals surface area contributed by atoms with Gasteiger partial charge >= 0.3 is 0 Å². The Kier molecular flexibility index (Phi) is 4.14.